The molecule has 176 valence electrons. The molecule has 0 atom stereocenters. The van der Waals surface area contributed by atoms with E-state index in [-0.39, 0.29) is 17.3 Å². The highest BCUT2D eigenvalue weighted by Crippen LogP contribution is 2.27. The molecule has 1 aliphatic heterocycles. The van der Waals surface area contributed by atoms with Crippen LogP contribution in [0.15, 0.2) is 47.6 Å². The number of pyridine rings is 1. The Bertz CT molecular complexity index is 1180. The van der Waals surface area contributed by atoms with E-state index in [1.807, 2.05) is 0 Å². The molecule has 0 saturated carbocycles. The second-order valence-corrected chi connectivity index (χ2v) is 10.4. The van der Waals surface area contributed by atoms with Crippen LogP contribution in [0.4, 0.5) is 0 Å². The second kappa shape index (κ2) is 10.4. The summed E-state index contributed by atoms with van der Waals surface area (Å²) in [6.45, 7) is 2.12. The maximum Gasteiger partial charge on any atom is 0.253 e. The van der Waals surface area contributed by atoms with Crippen molar-refractivity contribution in [2.45, 2.75) is 43.5 Å². The first-order valence-electron chi connectivity index (χ1n) is 11.3. The van der Waals surface area contributed by atoms with E-state index in [2.05, 4.69) is 20.5 Å². The highest BCUT2D eigenvalue weighted by atomic mass is 32.2. The van der Waals surface area contributed by atoms with Crippen LogP contribution in [0.5, 0.6) is 0 Å². The van der Waals surface area contributed by atoms with Gasteiger partial charge in [-0.2, -0.15) is 9.40 Å². The van der Waals surface area contributed by atoms with Gasteiger partial charge in [0.2, 0.25) is 10.0 Å². The Kier molecular flexibility index (Phi) is 7.36. The van der Waals surface area contributed by atoms with Gasteiger partial charge in [-0.05, 0) is 55.5 Å². The van der Waals surface area contributed by atoms with Crippen LogP contribution in [-0.2, 0) is 16.6 Å². The quantitative estimate of drug-likeness (QED) is 0.411. The van der Waals surface area contributed by atoms with E-state index in [0.717, 1.165) is 43.1 Å². The average Bonchev–Trinajstić information content (AvgIpc) is 3.31. The first-order chi connectivity index (χ1) is 16.0. The molecule has 0 aliphatic carbocycles. The van der Waals surface area contributed by atoms with Crippen LogP contribution in [0.25, 0.3) is 11.0 Å². The van der Waals surface area contributed by atoms with Crippen molar-refractivity contribution in [3.05, 3.63) is 53.9 Å². The van der Waals surface area contributed by atoms with Crippen LogP contribution in [-0.4, -0.2) is 53.4 Å². The number of sulfonamides is 1. The lowest BCUT2D eigenvalue weighted by molar-refractivity contribution is 0.0950. The summed E-state index contributed by atoms with van der Waals surface area (Å²) in [4.78, 5) is 16.9. The summed E-state index contributed by atoms with van der Waals surface area (Å²) in [7, 11) is -3.51. The van der Waals surface area contributed by atoms with Crippen LogP contribution >= 0.6 is 0 Å². The zero-order chi connectivity index (χ0) is 23.3. The van der Waals surface area contributed by atoms with Gasteiger partial charge in [0.05, 0.1) is 16.7 Å². The molecule has 10 heteroatoms. The number of piperidine rings is 1. The molecule has 3 aromatic rings. The number of aromatic amines is 1. The average molecular weight is 471 g/mol. The number of aromatic nitrogens is 3. The topological polar surface area (TPSA) is 134 Å². The van der Waals surface area contributed by atoms with Gasteiger partial charge in [-0.15, -0.1) is 0 Å². The van der Waals surface area contributed by atoms with Crippen LogP contribution in [0, 0.1) is 5.92 Å². The first-order valence-corrected chi connectivity index (χ1v) is 12.8. The van der Waals surface area contributed by atoms with Gasteiger partial charge in [-0.3, -0.25) is 9.89 Å². The molecule has 0 unspecified atom stereocenters. The number of carbonyl (C=O) groups excluding carboxylic acids is 1. The van der Waals surface area contributed by atoms with E-state index in [9.17, 15) is 13.2 Å². The number of nitrogens with one attached hydrogen (secondary N) is 2. The monoisotopic (exact) mass is 470 g/mol. The first kappa shape index (κ1) is 23.3. The second-order valence-electron chi connectivity index (χ2n) is 8.49. The van der Waals surface area contributed by atoms with Crippen molar-refractivity contribution >= 4 is 27.0 Å². The molecule has 33 heavy (non-hydrogen) atoms. The van der Waals surface area contributed by atoms with E-state index < -0.39 is 10.0 Å². The summed E-state index contributed by atoms with van der Waals surface area (Å²) in [6, 6.07) is 8.43. The Morgan fingerprint density at radius 2 is 1.91 bits per heavy atom. The molecule has 4 rings (SSSR count). The molecule has 0 spiro atoms. The van der Waals surface area contributed by atoms with E-state index in [4.69, 9.17) is 5.73 Å². The van der Waals surface area contributed by atoms with E-state index in [0.29, 0.717) is 36.8 Å². The van der Waals surface area contributed by atoms with Gasteiger partial charge in [0.1, 0.15) is 0 Å². The Balaban J connectivity index is 1.31. The van der Waals surface area contributed by atoms with Crippen LogP contribution in [0.2, 0.25) is 0 Å². The molecule has 1 saturated heterocycles. The fourth-order valence-corrected chi connectivity index (χ4v) is 5.66. The van der Waals surface area contributed by atoms with Gasteiger partial charge in [-0.25, -0.2) is 13.4 Å². The number of rotatable bonds is 9. The summed E-state index contributed by atoms with van der Waals surface area (Å²) < 4.78 is 27.6. The normalized spacial score (nSPS) is 15.7. The Hall–Kier alpha value is -2.82. The molecule has 4 N–H and O–H groups in total. The van der Waals surface area contributed by atoms with Gasteiger partial charge in [0.15, 0.2) is 5.65 Å². The van der Waals surface area contributed by atoms with Crippen molar-refractivity contribution in [1.29, 1.82) is 0 Å². The number of hydrogen-bond acceptors (Lipinski definition) is 6. The molecule has 3 heterocycles. The van der Waals surface area contributed by atoms with Crippen molar-refractivity contribution in [2.75, 3.05) is 19.6 Å². The van der Waals surface area contributed by atoms with E-state index in [1.165, 1.54) is 6.20 Å². The minimum atomic E-state index is -3.51. The summed E-state index contributed by atoms with van der Waals surface area (Å²) in [5, 5.41) is 10.3. The number of unbranched alkanes of at least 4 members (excludes halogenated alkanes) is 1. The predicted octanol–water partition coefficient (Wildman–Crippen LogP) is 2.42. The third-order valence-electron chi connectivity index (χ3n) is 6.21. The number of carbonyl (C=O) groups is 1. The van der Waals surface area contributed by atoms with Crippen LogP contribution in [0.3, 0.4) is 0 Å². The van der Waals surface area contributed by atoms with Crippen molar-refractivity contribution in [3.8, 4) is 0 Å². The van der Waals surface area contributed by atoms with E-state index >= 15 is 0 Å². The number of fused-ring (bicyclic) bond motifs is 1. The smallest absolute Gasteiger partial charge is 0.253 e. The summed E-state index contributed by atoms with van der Waals surface area (Å²) >= 11 is 0. The standard InChI is InChI=1S/C23H30N6O3S/c24-10-2-1-3-17-8-11-29(12-9-17)33(31,32)21-6-4-18(5-7-21)14-26-23(30)20-13-19-16-27-28-22(19)25-15-20/h4-7,13,15-17H,1-3,8-12,14,24H2,(H,26,30)(H,25,27,28). The maximum absolute atomic E-state index is 13.0. The Morgan fingerprint density at radius 1 is 1.15 bits per heavy atom. The zero-order valence-electron chi connectivity index (χ0n) is 18.5. The highest BCUT2D eigenvalue weighted by molar-refractivity contribution is 7.89. The summed E-state index contributed by atoms with van der Waals surface area (Å²) in [5.41, 5.74) is 7.44. The minimum Gasteiger partial charge on any atom is -0.348 e. The molecule has 2 aromatic heterocycles. The molecule has 0 bridgehead atoms. The SMILES string of the molecule is NCCCCC1CCN(S(=O)(=O)c2ccc(CNC(=O)c3cnc4[nH]ncc4c3)cc2)CC1. The lowest BCUT2D eigenvalue weighted by Gasteiger charge is -2.31. The largest absolute Gasteiger partial charge is 0.348 e. The number of benzene rings is 1. The van der Waals surface area contributed by atoms with Crippen molar-refractivity contribution < 1.29 is 13.2 Å². The third-order valence-corrected chi connectivity index (χ3v) is 8.12. The summed E-state index contributed by atoms with van der Waals surface area (Å²) in [5.74, 6) is 0.329. The number of nitrogens with zero attached hydrogens (tertiary/aromatic N) is 3. The molecular weight excluding hydrogens is 440 g/mol. The molecule has 9 nitrogen and oxygen atoms in total. The Labute approximate surface area is 193 Å². The maximum atomic E-state index is 13.0. The zero-order valence-corrected chi connectivity index (χ0v) is 19.4. The molecule has 1 aromatic carbocycles. The lowest BCUT2D eigenvalue weighted by Crippen LogP contribution is -2.38. The summed E-state index contributed by atoms with van der Waals surface area (Å²) in [6.07, 6.45) is 8.16. The number of amides is 1. The van der Waals surface area contributed by atoms with Gasteiger partial charge in [0.25, 0.3) is 5.91 Å². The van der Waals surface area contributed by atoms with Gasteiger partial charge >= 0.3 is 0 Å². The van der Waals surface area contributed by atoms with Crippen molar-refractivity contribution in [2.24, 2.45) is 11.7 Å². The van der Waals surface area contributed by atoms with Crippen molar-refractivity contribution in [3.63, 3.8) is 0 Å². The van der Waals surface area contributed by atoms with Crippen LogP contribution < -0.4 is 11.1 Å². The molecular formula is C23H30N6O3S. The molecule has 1 fully saturated rings. The Morgan fingerprint density at radius 3 is 2.64 bits per heavy atom. The third kappa shape index (κ3) is 5.58. The fraction of sp³-hybridized carbons (Fsp3) is 0.435. The van der Waals surface area contributed by atoms with E-state index in [1.54, 1.807) is 40.8 Å². The minimum absolute atomic E-state index is 0.253. The van der Waals surface area contributed by atoms with Gasteiger partial charge < -0.3 is 11.1 Å². The number of nitrogens with two attached hydrogens (primary N) is 1. The van der Waals surface area contributed by atoms with Crippen LogP contribution in [0.1, 0.15) is 48.0 Å². The van der Waals surface area contributed by atoms with Gasteiger partial charge in [-0.1, -0.05) is 25.0 Å². The number of H-pyrrole nitrogens is 1. The van der Waals surface area contributed by atoms with Crippen molar-refractivity contribution in [1.82, 2.24) is 24.8 Å². The molecule has 1 aliphatic rings. The van der Waals surface area contributed by atoms with Gasteiger partial charge in [0, 0.05) is 31.2 Å². The lowest BCUT2D eigenvalue weighted by atomic mass is 9.92. The highest BCUT2D eigenvalue weighted by Gasteiger charge is 2.29. The fourth-order valence-electron chi connectivity index (χ4n) is 4.19. The predicted molar refractivity (Wildman–Crippen MR) is 126 cm³/mol. The molecule has 1 amide bonds. The molecule has 0 radical (unpaired) electrons. The number of hydrogen-bond donors (Lipinski definition) is 3.